The van der Waals surface area contributed by atoms with Gasteiger partial charge in [0.1, 0.15) is 0 Å². The van der Waals surface area contributed by atoms with E-state index in [1.165, 1.54) is 21.4 Å². The zero-order chi connectivity index (χ0) is 12.7. The topological polar surface area (TPSA) is 41.6 Å². The Bertz CT molecular complexity index is 689. The number of aryl methyl sites for hydroxylation is 3. The van der Waals surface area contributed by atoms with Crippen LogP contribution in [0.2, 0.25) is 0 Å². The Hall–Kier alpha value is -1.68. The van der Waals surface area contributed by atoms with Crippen LogP contribution in [0.3, 0.4) is 0 Å². The van der Waals surface area contributed by atoms with Crippen LogP contribution >= 0.6 is 11.3 Å². The maximum absolute atomic E-state index is 4.54. The molecular weight excluding hydrogens is 242 g/mol. The normalized spacial score (nSPS) is 11.3. The van der Waals surface area contributed by atoms with Gasteiger partial charge in [-0.3, -0.25) is 5.10 Å². The van der Waals surface area contributed by atoms with Crippen LogP contribution < -0.4 is 0 Å². The third kappa shape index (κ3) is 1.56. The van der Waals surface area contributed by atoms with Crippen molar-refractivity contribution in [3.63, 3.8) is 0 Å². The first-order chi connectivity index (χ1) is 8.72. The van der Waals surface area contributed by atoms with Crippen molar-refractivity contribution >= 4 is 21.6 Å². The first-order valence-electron chi connectivity index (χ1n) is 6.09. The molecule has 0 aliphatic heterocycles. The first-order valence-corrected chi connectivity index (χ1v) is 6.97. The van der Waals surface area contributed by atoms with Crippen LogP contribution in [0.1, 0.15) is 23.9 Å². The van der Waals surface area contributed by atoms with Crippen LogP contribution in [-0.2, 0) is 6.42 Å². The summed E-state index contributed by atoms with van der Waals surface area (Å²) in [5, 5.41) is 7.32. The number of hydrogen-bond donors (Lipinski definition) is 1. The molecule has 0 saturated carbocycles. The minimum atomic E-state index is 1.03. The fourth-order valence-electron chi connectivity index (χ4n) is 2.43. The molecule has 2 aromatic heterocycles. The predicted octanol–water partition coefficient (Wildman–Crippen LogP) is 3.87. The van der Waals surface area contributed by atoms with Crippen molar-refractivity contribution < 1.29 is 0 Å². The molecule has 0 aliphatic carbocycles. The Morgan fingerprint density at radius 3 is 2.78 bits per heavy atom. The zero-order valence-electron chi connectivity index (χ0n) is 10.7. The van der Waals surface area contributed by atoms with E-state index in [-0.39, 0.29) is 0 Å². The van der Waals surface area contributed by atoms with Gasteiger partial charge in [-0.2, -0.15) is 5.10 Å². The highest BCUT2D eigenvalue weighted by atomic mass is 32.1. The Balaban J connectivity index is 2.34. The Morgan fingerprint density at radius 2 is 2.11 bits per heavy atom. The number of H-pyrrole nitrogens is 1. The first kappa shape index (κ1) is 11.4. The van der Waals surface area contributed by atoms with Gasteiger partial charge >= 0.3 is 0 Å². The predicted molar refractivity (Wildman–Crippen MR) is 76.1 cm³/mol. The summed E-state index contributed by atoms with van der Waals surface area (Å²) in [6.45, 7) is 6.27. The smallest absolute Gasteiger partial charge is 0.0894 e. The second-order valence-corrected chi connectivity index (χ2v) is 5.32. The fourth-order valence-corrected chi connectivity index (χ4v) is 3.33. The van der Waals surface area contributed by atoms with E-state index in [4.69, 9.17) is 0 Å². The number of aromatic amines is 1. The van der Waals surface area contributed by atoms with Gasteiger partial charge in [0.25, 0.3) is 0 Å². The SMILES string of the molecule is CCc1ccc(-c2c(C)n[nH]c2C)c2ncsc12. The summed E-state index contributed by atoms with van der Waals surface area (Å²) in [5.41, 5.74) is 8.91. The molecule has 0 unspecified atom stereocenters. The van der Waals surface area contributed by atoms with Gasteiger partial charge in [-0.15, -0.1) is 11.3 Å². The molecule has 0 aliphatic rings. The molecule has 2 heterocycles. The lowest BCUT2D eigenvalue weighted by Crippen LogP contribution is -1.87. The van der Waals surface area contributed by atoms with E-state index in [0.717, 1.165) is 23.3 Å². The number of nitrogens with zero attached hydrogens (tertiary/aromatic N) is 2. The minimum Gasteiger partial charge on any atom is -0.282 e. The largest absolute Gasteiger partial charge is 0.282 e. The number of aromatic nitrogens is 3. The summed E-state index contributed by atoms with van der Waals surface area (Å²) in [5.74, 6) is 0. The van der Waals surface area contributed by atoms with Crippen molar-refractivity contribution in [1.29, 1.82) is 0 Å². The van der Waals surface area contributed by atoms with Crippen LogP contribution in [0, 0.1) is 13.8 Å². The molecular formula is C14H15N3S. The van der Waals surface area contributed by atoms with Crippen LogP contribution in [0.15, 0.2) is 17.6 Å². The number of nitrogens with one attached hydrogen (secondary N) is 1. The van der Waals surface area contributed by atoms with E-state index in [0.29, 0.717) is 0 Å². The number of rotatable bonds is 2. The molecule has 92 valence electrons. The molecule has 3 nitrogen and oxygen atoms in total. The van der Waals surface area contributed by atoms with Crippen molar-refractivity contribution in [1.82, 2.24) is 15.2 Å². The van der Waals surface area contributed by atoms with Crippen molar-refractivity contribution in [3.8, 4) is 11.1 Å². The lowest BCUT2D eigenvalue weighted by Gasteiger charge is -2.06. The van der Waals surface area contributed by atoms with Crippen LogP contribution in [0.4, 0.5) is 0 Å². The van der Waals surface area contributed by atoms with Gasteiger partial charge in [-0.25, -0.2) is 4.98 Å². The minimum absolute atomic E-state index is 1.03. The van der Waals surface area contributed by atoms with Crippen LogP contribution in [-0.4, -0.2) is 15.2 Å². The van der Waals surface area contributed by atoms with Gasteiger partial charge < -0.3 is 0 Å². The number of fused-ring (bicyclic) bond motifs is 1. The molecule has 0 bridgehead atoms. The molecule has 18 heavy (non-hydrogen) atoms. The summed E-state index contributed by atoms with van der Waals surface area (Å²) in [4.78, 5) is 4.54. The van der Waals surface area contributed by atoms with Gasteiger partial charge in [0.15, 0.2) is 0 Å². The quantitative estimate of drug-likeness (QED) is 0.757. The summed E-state index contributed by atoms with van der Waals surface area (Å²) in [6, 6.07) is 4.38. The van der Waals surface area contributed by atoms with E-state index < -0.39 is 0 Å². The van der Waals surface area contributed by atoms with E-state index in [9.17, 15) is 0 Å². The van der Waals surface area contributed by atoms with E-state index in [1.807, 2.05) is 12.4 Å². The molecule has 0 amide bonds. The number of benzene rings is 1. The maximum atomic E-state index is 4.54. The molecule has 0 radical (unpaired) electrons. The summed E-state index contributed by atoms with van der Waals surface area (Å²) in [6.07, 6.45) is 1.04. The fraction of sp³-hybridized carbons (Fsp3) is 0.286. The van der Waals surface area contributed by atoms with Crippen molar-refractivity contribution in [3.05, 3.63) is 34.6 Å². The van der Waals surface area contributed by atoms with Crippen LogP contribution in [0.5, 0.6) is 0 Å². The van der Waals surface area contributed by atoms with Crippen molar-refractivity contribution in [2.45, 2.75) is 27.2 Å². The molecule has 0 spiro atoms. The third-order valence-corrected chi connectivity index (χ3v) is 4.25. The average molecular weight is 257 g/mol. The lowest BCUT2D eigenvalue weighted by atomic mass is 10.00. The maximum Gasteiger partial charge on any atom is 0.0894 e. The summed E-state index contributed by atoms with van der Waals surface area (Å²) >= 11 is 1.72. The monoisotopic (exact) mass is 257 g/mol. The Kier molecular flexibility index (Phi) is 2.67. The van der Waals surface area contributed by atoms with Gasteiger partial charge in [0.2, 0.25) is 0 Å². The summed E-state index contributed by atoms with van der Waals surface area (Å²) < 4.78 is 1.30. The van der Waals surface area contributed by atoms with E-state index >= 15 is 0 Å². The van der Waals surface area contributed by atoms with Crippen molar-refractivity contribution in [2.75, 3.05) is 0 Å². The second-order valence-electron chi connectivity index (χ2n) is 4.46. The Morgan fingerprint density at radius 1 is 1.28 bits per heavy atom. The van der Waals surface area contributed by atoms with E-state index in [2.05, 4.69) is 41.2 Å². The highest BCUT2D eigenvalue weighted by molar-refractivity contribution is 7.17. The molecule has 3 rings (SSSR count). The third-order valence-electron chi connectivity index (χ3n) is 3.34. The molecule has 0 saturated heterocycles. The molecule has 1 N–H and O–H groups in total. The molecule has 4 heteroatoms. The van der Waals surface area contributed by atoms with Crippen LogP contribution in [0.25, 0.3) is 21.3 Å². The van der Waals surface area contributed by atoms with Gasteiger partial charge in [0, 0.05) is 16.8 Å². The number of thiazole rings is 1. The van der Waals surface area contributed by atoms with Gasteiger partial charge in [-0.05, 0) is 25.8 Å². The standard InChI is InChI=1S/C14H15N3S/c1-4-10-5-6-11(13-14(10)18-7-15-13)12-8(2)16-17-9(12)3/h5-7H,4H2,1-3H3,(H,16,17). The Labute approximate surface area is 110 Å². The molecule has 3 aromatic rings. The highest BCUT2D eigenvalue weighted by Crippen LogP contribution is 2.34. The lowest BCUT2D eigenvalue weighted by molar-refractivity contribution is 1.02. The summed E-state index contributed by atoms with van der Waals surface area (Å²) in [7, 11) is 0. The molecule has 0 atom stereocenters. The van der Waals surface area contributed by atoms with E-state index in [1.54, 1.807) is 11.3 Å². The average Bonchev–Trinajstić information content (AvgIpc) is 2.96. The second kappa shape index (κ2) is 4.21. The number of hydrogen-bond acceptors (Lipinski definition) is 3. The van der Waals surface area contributed by atoms with Gasteiger partial charge in [0.05, 0.1) is 21.4 Å². The van der Waals surface area contributed by atoms with Crippen molar-refractivity contribution in [2.24, 2.45) is 0 Å². The molecule has 0 fully saturated rings. The van der Waals surface area contributed by atoms with Gasteiger partial charge in [-0.1, -0.05) is 19.1 Å². The molecule has 1 aromatic carbocycles. The highest BCUT2D eigenvalue weighted by Gasteiger charge is 2.15. The zero-order valence-corrected chi connectivity index (χ0v) is 11.6.